The van der Waals surface area contributed by atoms with Gasteiger partial charge in [-0.25, -0.2) is 4.79 Å². The zero-order valence-corrected chi connectivity index (χ0v) is 17.6. The van der Waals surface area contributed by atoms with E-state index < -0.39 is 23.3 Å². The molecule has 4 rings (SSSR count). The molecule has 1 fully saturated rings. The number of nitrogens with zero attached hydrogens (tertiary/aromatic N) is 1. The lowest BCUT2D eigenvalue weighted by Crippen LogP contribution is -2.45. The third-order valence-electron chi connectivity index (χ3n) is 5.22. The minimum atomic E-state index is -1.01. The summed E-state index contributed by atoms with van der Waals surface area (Å²) in [6.45, 7) is 0. The van der Waals surface area contributed by atoms with Crippen LogP contribution in [0.1, 0.15) is 28.0 Å². The highest BCUT2D eigenvalue weighted by Crippen LogP contribution is 2.45. The van der Waals surface area contributed by atoms with Gasteiger partial charge in [0.1, 0.15) is 11.4 Å². The van der Waals surface area contributed by atoms with Crippen LogP contribution in [0.3, 0.4) is 0 Å². The van der Waals surface area contributed by atoms with Crippen LogP contribution in [0.15, 0.2) is 84.9 Å². The van der Waals surface area contributed by atoms with Gasteiger partial charge in [0.25, 0.3) is 0 Å². The van der Waals surface area contributed by atoms with Crippen molar-refractivity contribution in [3.8, 4) is 0 Å². The Bertz CT molecular complexity index is 1010. The first-order valence-electron chi connectivity index (χ1n) is 9.59. The number of carboxylic acids is 1. The molecule has 2 unspecified atom stereocenters. The predicted molar refractivity (Wildman–Crippen MR) is 120 cm³/mol. The number of thioether (sulfide) groups is 1. The monoisotopic (exact) mass is 437 g/mol. The number of hydrogen-bond acceptors (Lipinski definition) is 3. The van der Waals surface area contributed by atoms with Crippen LogP contribution >= 0.6 is 23.4 Å². The summed E-state index contributed by atoms with van der Waals surface area (Å²) >= 11 is 7.85. The van der Waals surface area contributed by atoms with Crippen molar-refractivity contribution in [3.63, 3.8) is 0 Å². The van der Waals surface area contributed by atoms with E-state index in [1.54, 1.807) is 6.07 Å². The minimum absolute atomic E-state index is 0.241. The number of benzene rings is 3. The molecule has 1 N–H and O–H groups in total. The Kier molecular flexibility index (Phi) is 6.11. The molecule has 0 aromatic heterocycles. The summed E-state index contributed by atoms with van der Waals surface area (Å²) < 4.78 is 0. The van der Waals surface area contributed by atoms with Gasteiger partial charge in [-0.15, -0.1) is 11.8 Å². The fourth-order valence-electron chi connectivity index (χ4n) is 3.80. The lowest BCUT2D eigenvalue weighted by molar-refractivity contribution is -0.149. The van der Waals surface area contributed by atoms with Gasteiger partial charge in [0, 0.05) is 16.3 Å². The van der Waals surface area contributed by atoms with Crippen molar-refractivity contribution in [2.45, 2.75) is 17.3 Å². The summed E-state index contributed by atoms with van der Waals surface area (Å²) in [7, 11) is 0. The first kappa shape index (κ1) is 20.5. The van der Waals surface area contributed by atoms with Crippen molar-refractivity contribution in [2.75, 3.05) is 5.75 Å². The molecule has 6 heteroatoms. The molecule has 2 atom stereocenters. The van der Waals surface area contributed by atoms with E-state index in [1.807, 2.05) is 78.9 Å². The molecule has 0 bridgehead atoms. The third-order valence-corrected chi connectivity index (χ3v) is 6.87. The Morgan fingerprint density at radius 3 is 1.97 bits per heavy atom. The SMILES string of the molecule is O=C(O)C1CSC(c2ccccc2Cl)N1C(=O)C(c1ccccc1)c1ccccc1. The molecular weight excluding hydrogens is 418 g/mol. The Labute approximate surface area is 184 Å². The zero-order chi connectivity index (χ0) is 21.1. The largest absolute Gasteiger partial charge is 0.480 e. The molecule has 0 aliphatic carbocycles. The molecule has 4 nitrogen and oxygen atoms in total. The van der Waals surface area contributed by atoms with Crippen LogP contribution in [0.2, 0.25) is 5.02 Å². The number of rotatable bonds is 5. The van der Waals surface area contributed by atoms with E-state index >= 15 is 0 Å². The van der Waals surface area contributed by atoms with Gasteiger partial charge in [0.05, 0.1) is 5.92 Å². The summed E-state index contributed by atoms with van der Waals surface area (Å²) in [5.74, 6) is -1.54. The molecule has 0 saturated carbocycles. The average Bonchev–Trinajstić information content (AvgIpc) is 3.21. The summed E-state index contributed by atoms with van der Waals surface area (Å²) in [4.78, 5) is 27.5. The summed E-state index contributed by atoms with van der Waals surface area (Å²) in [5.41, 5.74) is 2.40. The van der Waals surface area contributed by atoms with Gasteiger partial charge in [0.15, 0.2) is 0 Å². The van der Waals surface area contributed by atoms with Crippen LogP contribution < -0.4 is 0 Å². The molecule has 152 valence electrons. The van der Waals surface area contributed by atoms with E-state index in [0.717, 1.165) is 16.7 Å². The minimum Gasteiger partial charge on any atom is -0.480 e. The van der Waals surface area contributed by atoms with E-state index in [1.165, 1.54) is 16.7 Å². The summed E-state index contributed by atoms with van der Waals surface area (Å²) in [6, 6.07) is 25.3. The number of amides is 1. The van der Waals surface area contributed by atoms with Gasteiger partial charge >= 0.3 is 5.97 Å². The lowest BCUT2D eigenvalue weighted by Gasteiger charge is -2.32. The van der Waals surface area contributed by atoms with Crippen LogP contribution in [0.25, 0.3) is 0 Å². The molecule has 30 heavy (non-hydrogen) atoms. The second-order valence-electron chi connectivity index (χ2n) is 7.06. The molecule has 1 aliphatic heterocycles. The summed E-state index contributed by atoms with van der Waals surface area (Å²) in [6.07, 6.45) is 0. The maximum atomic E-state index is 14.0. The zero-order valence-electron chi connectivity index (χ0n) is 16.0. The molecule has 0 radical (unpaired) electrons. The maximum Gasteiger partial charge on any atom is 0.327 e. The molecule has 3 aromatic rings. The highest BCUT2D eigenvalue weighted by Gasteiger charge is 2.45. The normalized spacial score (nSPS) is 18.5. The van der Waals surface area contributed by atoms with E-state index in [0.29, 0.717) is 10.8 Å². The van der Waals surface area contributed by atoms with E-state index in [4.69, 9.17) is 11.6 Å². The van der Waals surface area contributed by atoms with Crippen LogP contribution in [0.4, 0.5) is 0 Å². The van der Waals surface area contributed by atoms with E-state index in [-0.39, 0.29) is 5.91 Å². The second-order valence-corrected chi connectivity index (χ2v) is 8.58. The van der Waals surface area contributed by atoms with Crippen LogP contribution in [0, 0.1) is 0 Å². The third kappa shape index (κ3) is 3.95. The van der Waals surface area contributed by atoms with Gasteiger partial charge < -0.3 is 10.0 Å². The Balaban J connectivity index is 1.81. The first-order chi connectivity index (χ1) is 14.6. The Morgan fingerprint density at radius 2 is 1.43 bits per heavy atom. The molecule has 1 saturated heterocycles. The van der Waals surface area contributed by atoms with Gasteiger partial charge in [-0.1, -0.05) is 90.5 Å². The lowest BCUT2D eigenvalue weighted by atomic mass is 9.89. The average molecular weight is 438 g/mol. The first-order valence-corrected chi connectivity index (χ1v) is 11.0. The van der Waals surface area contributed by atoms with E-state index in [2.05, 4.69) is 0 Å². The van der Waals surface area contributed by atoms with Crippen molar-refractivity contribution < 1.29 is 14.7 Å². The number of aliphatic carboxylic acids is 1. The van der Waals surface area contributed by atoms with Crippen molar-refractivity contribution in [3.05, 3.63) is 107 Å². The number of carbonyl (C=O) groups is 2. The van der Waals surface area contributed by atoms with Gasteiger partial charge in [0.2, 0.25) is 5.91 Å². The van der Waals surface area contributed by atoms with Gasteiger partial charge in [-0.3, -0.25) is 4.79 Å². The summed E-state index contributed by atoms with van der Waals surface area (Å²) in [5, 5.41) is 9.92. The van der Waals surface area contributed by atoms with Crippen LogP contribution in [-0.2, 0) is 9.59 Å². The second kappa shape index (κ2) is 8.94. The molecular formula is C24H20ClNO3S. The van der Waals surface area contributed by atoms with Crippen LogP contribution in [0.5, 0.6) is 0 Å². The predicted octanol–water partition coefficient (Wildman–Crippen LogP) is 5.20. The molecule has 1 amide bonds. The molecule has 0 spiro atoms. The highest BCUT2D eigenvalue weighted by atomic mass is 35.5. The molecule has 1 heterocycles. The Morgan fingerprint density at radius 1 is 0.900 bits per heavy atom. The molecule has 3 aromatic carbocycles. The van der Waals surface area contributed by atoms with Crippen molar-refractivity contribution in [2.24, 2.45) is 0 Å². The fraction of sp³-hybridized carbons (Fsp3) is 0.167. The topological polar surface area (TPSA) is 57.6 Å². The smallest absolute Gasteiger partial charge is 0.327 e. The fourth-order valence-corrected chi connectivity index (χ4v) is 5.57. The van der Waals surface area contributed by atoms with E-state index in [9.17, 15) is 14.7 Å². The number of carbonyl (C=O) groups excluding carboxylic acids is 1. The Hall–Kier alpha value is -2.76. The van der Waals surface area contributed by atoms with Crippen molar-refractivity contribution >= 4 is 35.2 Å². The van der Waals surface area contributed by atoms with Crippen LogP contribution in [-0.4, -0.2) is 33.7 Å². The molecule has 1 aliphatic rings. The van der Waals surface area contributed by atoms with Crippen molar-refractivity contribution in [1.29, 1.82) is 0 Å². The van der Waals surface area contributed by atoms with Gasteiger partial charge in [-0.2, -0.15) is 0 Å². The number of carboxylic acid groups (broad SMARTS) is 1. The standard InChI is InChI=1S/C24H20ClNO3S/c25-19-14-8-7-13-18(19)23-26(20(15-30-23)24(28)29)22(27)21(16-9-3-1-4-10-16)17-11-5-2-6-12-17/h1-14,20-21,23H,15H2,(H,28,29). The number of hydrogen-bond donors (Lipinski definition) is 1. The quantitative estimate of drug-likeness (QED) is 0.596. The highest BCUT2D eigenvalue weighted by molar-refractivity contribution is 7.99. The maximum absolute atomic E-state index is 14.0. The number of halogens is 1. The van der Waals surface area contributed by atoms with Crippen molar-refractivity contribution in [1.82, 2.24) is 4.90 Å². The van der Waals surface area contributed by atoms with Gasteiger partial charge in [-0.05, 0) is 17.2 Å².